The first-order valence-corrected chi connectivity index (χ1v) is 6.25. The topological polar surface area (TPSA) is 46.2 Å². The Hall–Kier alpha value is -1.38. The quantitative estimate of drug-likeness (QED) is 0.586. The summed E-state index contributed by atoms with van der Waals surface area (Å²) in [5.41, 5.74) is 3.41. The standard InChI is InChI=1S/C14H19NO2/c1-7(2)10-9-5-6-15-12(9)11(8(3)4)14(17)13(10)16/h7-8,15H,5-6H2,1-4H3. The third-order valence-corrected chi connectivity index (χ3v) is 3.42. The summed E-state index contributed by atoms with van der Waals surface area (Å²) >= 11 is 0. The number of fused-ring (bicyclic) bond motifs is 1. The second-order valence-electron chi connectivity index (χ2n) is 5.33. The van der Waals surface area contributed by atoms with Gasteiger partial charge >= 0.3 is 0 Å². The number of carbonyl (C=O) groups is 2. The summed E-state index contributed by atoms with van der Waals surface area (Å²) in [5.74, 6) is -0.385. The predicted molar refractivity (Wildman–Crippen MR) is 66.4 cm³/mol. The number of hydrogen-bond donors (Lipinski definition) is 1. The van der Waals surface area contributed by atoms with E-state index in [2.05, 4.69) is 5.32 Å². The van der Waals surface area contributed by atoms with Crippen LogP contribution in [0.25, 0.3) is 0 Å². The molecule has 1 N–H and O–H groups in total. The Morgan fingerprint density at radius 1 is 0.941 bits per heavy atom. The van der Waals surface area contributed by atoms with Gasteiger partial charge in [-0.05, 0) is 23.8 Å². The summed E-state index contributed by atoms with van der Waals surface area (Å²) in [4.78, 5) is 24.3. The van der Waals surface area contributed by atoms with Crippen molar-refractivity contribution in [3.8, 4) is 0 Å². The molecule has 0 radical (unpaired) electrons. The van der Waals surface area contributed by atoms with Crippen LogP contribution in [0.3, 0.4) is 0 Å². The lowest BCUT2D eigenvalue weighted by Crippen LogP contribution is -2.31. The van der Waals surface area contributed by atoms with E-state index >= 15 is 0 Å². The lowest BCUT2D eigenvalue weighted by atomic mass is 9.79. The van der Waals surface area contributed by atoms with Crippen molar-refractivity contribution in [3.63, 3.8) is 0 Å². The second kappa shape index (κ2) is 4.13. The average Bonchev–Trinajstić information content (AvgIpc) is 2.66. The molecule has 0 spiro atoms. The van der Waals surface area contributed by atoms with Crippen molar-refractivity contribution in [2.45, 2.75) is 34.1 Å². The van der Waals surface area contributed by atoms with Gasteiger partial charge < -0.3 is 5.32 Å². The Morgan fingerprint density at radius 2 is 1.47 bits per heavy atom. The summed E-state index contributed by atoms with van der Waals surface area (Å²) in [7, 11) is 0. The SMILES string of the molecule is CC(C)C1=C2CCNC2=C(C(C)C)C(=O)C1=O. The number of allylic oxidation sites excluding steroid dienone is 3. The Kier molecular flexibility index (Phi) is 2.94. The van der Waals surface area contributed by atoms with Crippen LogP contribution >= 0.6 is 0 Å². The Labute approximate surface area is 102 Å². The molecule has 1 aliphatic carbocycles. The van der Waals surface area contributed by atoms with Gasteiger partial charge in [-0.15, -0.1) is 0 Å². The van der Waals surface area contributed by atoms with Gasteiger partial charge in [-0.25, -0.2) is 0 Å². The zero-order valence-electron chi connectivity index (χ0n) is 10.9. The average molecular weight is 233 g/mol. The van der Waals surface area contributed by atoms with Gasteiger partial charge in [-0.2, -0.15) is 0 Å². The highest BCUT2D eigenvalue weighted by molar-refractivity contribution is 6.50. The summed E-state index contributed by atoms with van der Waals surface area (Å²) < 4.78 is 0. The third kappa shape index (κ3) is 1.74. The maximum atomic E-state index is 12.2. The van der Waals surface area contributed by atoms with Crippen LogP contribution in [0, 0.1) is 11.8 Å². The van der Waals surface area contributed by atoms with Crippen molar-refractivity contribution < 1.29 is 9.59 Å². The minimum atomic E-state index is -0.308. The van der Waals surface area contributed by atoms with Crippen molar-refractivity contribution in [2.75, 3.05) is 6.54 Å². The fourth-order valence-corrected chi connectivity index (χ4v) is 2.73. The van der Waals surface area contributed by atoms with Gasteiger partial charge in [0.2, 0.25) is 11.6 Å². The van der Waals surface area contributed by atoms with E-state index in [0.29, 0.717) is 5.57 Å². The van der Waals surface area contributed by atoms with Gasteiger partial charge in [0.05, 0.1) is 0 Å². The van der Waals surface area contributed by atoms with Gasteiger partial charge in [0, 0.05) is 23.4 Å². The summed E-state index contributed by atoms with van der Waals surface area (Å²) in [6, 6.07) is 0. The van der Waals surface area contributed by atoms with Crippen LogP contribution in [0.5, 0.6) is 0 Å². The van der Waals surface area contributed by atoms with E-state index in [1.165, 1.54) is 0 Å². The molecule has 1 aliphatic heterocycles. The summed E-state index contributed by atoms with van der Waals surface area (Å²) in [5, 5.41) is 3.27. The van der Waals surface area contributed by atoms with Gasteiger partial charge in [0.15, 0.2) is 0 Å². The summed E-state index contributed by atoms with van der Waals surface area (Å²) in [6.45, 7) is 8.71. The maximum absolute atomic E-state index is 12.2. The first kappa shape index (κ1) is 12.1. The van der Waals surface area contributed by atoms with Crippen LogP contribution in [0.2, 0.25) is 0 Å². The molecule has 0 aromatic carbocycles. The fraction of sp³-hybridized carbons (Fsp3) is 0.571. The molecule has 2 aliphatic rings. The second-order valence-corrected chi connectivity index (χ2v) is 5.33. The zero-order valence-corrected chi connectivity index (χ0v) is 10.9. The van der Waals surface area contributed by atoms with Crippen LogP contribution in [0.1, 0.15) is 34.1 Å². The first-order valence-electron chi connectivity index (χ1n) is 6.25. The van der Waals surface area contributed by atoms with E-state index < -0.39 is 0 Å². The molecule has 92 valence electrons. The van der Waals surface area contributed by atoms with E-state index in [-0.39, 0.29) is 23.4 Å². The molecule has 0 atom stereocenters. The predicted octanol–water partition coefficient (Wildman–Crippen LogP) is 1.99. The van der Waals surface area contributed by atoms with Crippen LogP contribution in [-0.2, 0) is 9.59 Å². The highest BCUT2D eigenvalue weighted by atomic mass is 16.2. The van der Waals surface area contributed by atoms with E-state index in [4.69, 9.17) is 0 Å². The normalized spacial score (nSPS) is 20.6. The first-order chi connectivity index (χ1) is 7.95. The largest absolute Gasteiger partial charge is 0.384 e. The van der Waals surface area contributed by atoms with Crippen LogP contribution in [0.4, 0.5) is 0 Å². The zero-order chi connectivity index (χ0) is 12.7. The highest BCUT2D eigenvalue weighted by Gasteiger charge is 2.38. The van der Waals surface area contributed by atoms with Crippen LogP contribution in [0.15, 0.2) is 22.4 Å². The molecule has 0 unspecified atom stereocenters. The summed E-state index contributed by atoms with van der Waals surface area (Å²) in [6.07, 6.45) is 0.859. The molecule has 0 saturated carbocycles. The smallest absolute Gasteiger partial charge is 0.231 e. The molecular formula is C14H19NO2. The Morgan fingerprint density at radius 3 is 2.00 bits per heavy atom. The number of carbonyl (C=O) groups excluding carboxylic acids is 2. The number of Topliss-reactive ketones (excluding diaryl/α,β-unsaturated/α-hetero) is 2. The molecule has 1 fully saturated rings. The van der Waals surface area contributed by atoms with Gasteiger partial charge in [-0.3, -0.25) is 9.59 Å². The highest BCUT2D eigenvalue weighted by Crippen LogP contribution is 2.36. The van der Waals surface area contributed by atoms with Crippen molar-refractivity contribution in [3.05, 3.63) is 22.4 Å². The molecule has 3 nitrogen and oxygen atoms in total. The molecule has 17 heavy (non-hydrogen) atoms. The molecule has 0 amide bonds. The van der Waals surface area contributed by atoms with E-state index in [0.717, 1.165) is 29.8 Å². The lowest BCUT2D eigenvalue weighted by molar-refractivity contribution is -0.132. The van der Waals surface area contributed by atoms with Crippen LogP contribution in [-0.4, -0.2) is 18.1 Å². The Balaban J connectivity index is 2.66. The third-order valence-electron chi connectivity index (χ3n) is 3.42. The molecule has 0 aromatic heterocycles. The maximum Gasteiger partial charge on any atom is 0.231 e. The molecule has 0 bridgehead atoms. The minimum Gasteiger partial charge on any atom is -0.384 e. The molecule has 0 aromatic rings. The molecule has 1 heterocycles. The van der Waals surface area contributed by atoms with E-state index in [1.54, 1.807) is 0 Å². The number of rotatable bonds is 2. The van der Waals surface area contributed by atoms with Crippen molar-refractivity contribution in [1.82, 2.24) is 5.32 Å². The van der Waals surface area contributed by atoms with E-state index in [1.807, 2.05) is 27.7 Å². The number of nitrogens with one attached hydrogen (secondary N) is 1. The minimum absolute atomic E-state index is 0.0933. The number of hydrogen-bond acceptors (Lipinski definition) is 3. The molecule has 1 saturated heterocycles. The van der Waals surface area contributed by atoms with Crippen molar-refractivity contribution in [1.29, 1.82) is 0 Å². The molecular weight excluding hydrogens is 214 g/mol. The van der Waals surface area contributed by atoms with Gasteiger partial charge in [0.1, 0.15) is 0 Å². The van der Waals surface area contributed by atoms with Crippen molar-refractivity contribution in [2.24, 2.45) is 11.8 Å². The van der Waals surface area contributed by atoms with Crippen molar-refractivity contribution >= 4 is 11.6 Å². The van der Waals surface area contributed by atoms with Gasteiger partial charge in [-0.1, -0.05) is 27.7 Å². The number of ketones is 2. The lowest BCUT2D eigenvalue weighted by Gasteiger charge is -2.24. The monoisotopic (exact) mass is 233 g/mol. The van der Waals surface area contributed by atoms with Gasteiger partial charge in [0.25, 0.3) is 0 Å². The van der Waals surface area contributed by atoms with E-state index in [9.17, 15) is 9.59 Å². The Bertz CT molecular complexity index is 411. The molecule has 2 rings (SSSR count). The fourth-order valence-electron chi connectivity index (χ4n) is 2.73. The van der Waals surface area contributed by atoms with Crippen LogP contribution < -0.4 is 5.32 Å². The molecule has 3 heteroatoms.